The number of nitrogens with zero attached hydrogens (tertiary/aromatic N) is 2. The van der Waals surface area contributed by atoms with Crippen molar-refractivity contribution in [3.8, 4) is 34.4 Å². The van der Waals surface area contributed by atoms with Gasteiger partial charge in [-0.25, -0.2) is 35.3 Å². The first-order chi connectivity index (χ1) is 24.2. The van der Waals surface area contributed by atoms with E-state index in [-0.39, 0.29) is 4.57 Å². The van der Waals surface area contributed by atoms with E-state index in [0.717, 1.165) is 0 Å². The second-order valence-electron chi connectivity index (χ2n) is 10.5. The number of halogens is 13. The summed E-state index contributed by atoms with van der Waals surface area (Å²) < 4.78 is 197. The fourth-order valence-electron chi connectivity index (χ4n) is 5.16. The van der Waals surface area contributed by atoms with E-state index in [9.17, 15) is 63.8 Å². The molecular formula is C30H7F13N2O7. The van der Waals surface area contributed by atoms with Crippen molar-refractivity contribution in [2.24, 2.45) is 7.05 Å². The van der Waals surface area contributed by atoms with Gasteiger partial charge in [0.1, 0.15) is 22.2 Å². The number of aromatic nitrogens is 2. The monoisotopic (exact) mass is 754 g/mol. The first kappa shape index (κ1) is 35.5. The molecule has 0 bridgehead atoms. The molecule has 4 aromatic carbocycles. The normalized spacial score (nSPS) is 11.8. The minimum Gasteiger partial charge on any atom is -0.506 e. The number of ether oxygens (including phenoxy) is 2. The van der Waals surface area contributed by atoms with Gasteiger partial charge in [0.05, 0.1) is 10.8 Å². The largest absolute Gasteiger partial charge is 0.506 e. The summed E-state index contributed by atoms with van der Waals surface area (Å²) in [6, 6.07) is 0. The summed E-state index contributed by atoms with van der Waals surface area (Å²) in [7, 11) is 0.699. The number of aromatic hydroxyl groups is 1. The van der Waals surface area contributed by atoms with Crippen LogP contribution in [0.25, 0.3) is 27.2 Å². The van der Waals surface area contributed by atoms with Crippen LogP contribution >= 0.6 is 0 Å². The highest BCUT2D eigenvalue weighted by Crippen LogP contribution is 2.43. The Hall–Kier alpha value is -6.35. The topological polar surface area (TPSA) is 117 Å². The number of hydrogen-bond acceptors (Lipinski definition) is 7. The van der Waals surface area contributed by atoms with E-state index in [1.54, 1.807) is 0 Å². The van der Waals surface area contributed by atoms with E-state index < -0.39 is 164 Å². The van der Waals surface area contributed by atoms with Gasteiger partial charge in [0.15, 0.2) is 29.0 Å². The summed E-state index contributed by atoms with van der Waals surface area (Å²) in [5, 5.41) is 4.76. The van der Waals surface area contributed by atoms with Crippen LogP contribution in [0.4, 0.5) is 57.1 Å². The Kier molecular flexibility index (Phi) is 7.91. The third-order valence-corrected chi connectivity index (χ3v) is 7.74. The van der Waals surface area contributed by atoms with Crippen molar-refractivity contribution in [1.29, 1.82) is 0 Å². The molecule has 0 spiro atoms. The van der Waals surface area contributed by atoms with Crippen molar-refractivity contribution in [3.63, 3.8) is 0 Å². The van der Waals surface area contributed by atoms with Gasteiger partial charge in [-0.2, -0.15) is 26.3 Å². The van der Waals surface area contributed by atoms with E-state index in [4.69, 9.17) is 4.74 Å². The molecule has 0 unspecified atom stereocenters. The van der Waals surface area contributed by atoms with Crippen LogP contribution in [-0.4, -0.2) is 14.2 Å². The summed E-state index contributed by atoms with van der Waals surface area (Å²) >= 11 is 0. The molecule has 6 aromatic rings. The second kappa shape index (κ2) is 11.6. The van der Waals surface area contributed by atoms with Gasteiger partial charge >= 0.3 is 0 Å². The highest BCUT2D eigenvalue weighted by Gasteiger charge is 2.37. The molecule has 0 aliphatic heterocycles. The molecule has 0 aliphatic carbocycles. The van der Waals surface area contributed by atoms with Gasteiger partial charge in [0.2, 0.25) is 69.6 Å². The smallest absolute Gasteiger partial charge is 0.270 e. The molecule has 0 fully saturated rings. The zero-order valence-corrected chi connectivity index (χ0v) is 24.7. The van der Waals surface area contributed by atoms with Gasteiger partial charge < -0.3 is 14.6 Å². The summed E-state index contributed by atoms with van der Waals surface area (Å²) in [6.45, 7) is 0.522. The first-order valence-corrected chi connectivity index (χ1v) is 13.4. The van der Waals surface area contributed by atoms with Crippen LogP contribution in [-0.2, 0) is 7.05 Å². The predicted molar refractivity (Wildman–Crippen MR) is 146 cm³/mol. The zero-order valence-electron chi connectivity index (χ0n) is 24.7. The Bertz CT molecular complexity index is 2770. The van der Waals surface area contributed by atoms with E-state index >= 15 is 17.6 Å². The van der Waals surface area contributed by atoms with Crippen LogP contribution in [0.5, 0.6) is 28.7 Å². The quantitative estimate of drug-likeness (QED) is 0.134. The summed E-state index contributed by atoms with van der Waals surface area (Å²) in [5.74, 6) is -44.7. The minimum absolute atomic E-state index is 0.137. The Balaban J connectivity index is 1.71. The molecule has 9 nitrogen and oxygen atoms in total. The number of phenols is 1. The Morgan fingerprint density at radius 2 is 0.731 bits per heavy atom. The number of fused-ring (bicyclic) bond motifs is 2. The third kappa shape index (κ3) is 4.45. The average Bonchev–Trinajstić information content (AvgIpc) is 3.50. The maximum atomic E-state index is 15.5. The van der Waals surface area contributed by atoms with Crippen LogP contribution in [0.15, 0.2) is 19.2 Å². The Morgan fingerprint density at radius 3 is 1.19 bits per heavy atom. The lowest BCUT2D eigenvalue weighted by Gasteiger charge is -2.14. The number of benzene rings is 4. The maximum absolute atomic E-state index is 15.5. The fourth-order valence-corrected chi connectivity index (χ4v) is 5.16. The molecule has 6 rings (SSSR count). The van der Waals surface area contributed by atoms with Gasteiger partial charge in [-0.1, -0.05) is 0 Å². The predicted octanol–water partition coefficient (Wildman–Crippen LogP) is 5.85. The van der Waals surface area contributed by atoms with Crippen molar-refractivity contribution >= 4 is 21.5 Å². The molecule has 22 heteroatoms. The zero-order chi connectivity index (χ0) is 38.7. The molecule has 2 aromatic heterocycles. The summed E-state index contributed by atoms with van der Waals surface area (Å²) in [4.78, 5) is 52.8. The minimum atomic E-state index is -2.85. The van der Waals surface area contributed by atoms with Gasteiger partial charge in [0, 0.05) is 12.6 Å². The Labute approximate surface area is 273 Å². The second-order valence-corrected chi connectivity index (χ2v) is 10.5. The molecule has 0 aliphatic rings. The number of phenolic OH excluding ortho intramolecular Hbond substituents is 1. The summed E-state index contributed by atoms with van der Waals surface area (Å²) in [5.41, 5.74) is -11.4. The Morgan fingerprint density at radius 1 is 0.423 bits per heavy atom. The van der Waals surface area contributed by atoms with Crippen molar-refractivity contribution in [2.45, 2.75) is 6.92 Å². The van der Waals surface area contributed by atoms with Gasteiger partial charge in [0.25, 0.3) is 22.2 Å². The highest BCUT2D eigenvalue weighted by atomic mass is 19.2. The SMILES string of the molecule is Cc1c(F)c(F)c(Oc2c(F)c(F)c(-n3c(=O)c4c(O)c5c(=O)n(C)c(=O)c5c(Oc5c(F)c(F)c(F)c(F)c5F)c4c3=O)c(F)c2F)c(F)c1F. The van der Waals surface area contributed by atoms with Crippen molar-refractivity contribution in [2.75, 3.05) is 0 Å². The van der Waals surface area contributed by atoms with Crippen LogP contribution in [0.3, 0.4) is 0 Å². The summed E-state index contributed by atoms with van der Waals surface area (Å²) in [6.07, 6.45) is 0. The molecule has 0 radical (unpaired) electrons. The molecular weight excluding hydrogens is 747 g/mol. The van der Waals surface area contributed by atoms with Crippen LogP contribution in [0.2, 0.25) is 0 Å². The van der Waals surface area contributed by atoms with Crippen molar-refractivity contribution in [3.05, 3.63) is 123 Å². The van der Waals surface area contributed by atoms with Crippen molar-refractivity contribution in [1.82, 2.24) is 9.13 Å². The molecule has 1 N–H and O–H groups in total. The van der Waals surface area contributed by atoms with E-state index in [2.05, 4.69) is 4.74 Å². The lowest BCUT2D eigenvalue weighted by Crippen LogP contribution is -2.27. The molecule has 52 heavy (non-hydrogen) atoms. The molecule has 0 saturated heterocycles. The average molecular weight is 754 g/mol. The van der Waals surface area contributed by atoms with Gasteiger partial charge in [-0.05, 0) is 6.92 Å². The lowest BCUT2D eigenvalue weighted by molar-refractivity contribution is 0.322. The van der Waals surface area contributed by atoms with E-state index in [0.29, 0.717) is 14.0 Å². The van der Waals surface area contributed by atoms with Crippen LogP contribution in [0, 0.1) is 82.5 Å². The van der Waals surface area contributed by atoms with Gasteiger partial charge in [-0.15, -0.1) is 0 Å². The first-order valence-electron chi connectivity index (χ1n) is 13.4. The number of hydrogen-bond donors (Lipinski definition) is 1. The van der Waals surface area contributed by atoms with E-state index in [1.165, 1.54) is 0 Å². The van der Waals surface area contributed by atoms with Crippen LogP contribution in [0.1, 0.15) is 5.56 Å². The van der Waals surface area contributed by atoms with Gasteiger partial charge in [-0.3, -0.25) is 23.7 Å². The molecule has 2 heterocycles. The molecule has 0 atom stereocenters. The molecule has 0 amide bonds. The molecule has 270 valence electrons. The highest BCUT2D eigenvalue weighted by molar-refractivity contribution is 6.11. The fraction of sp³-hybridized carbons (Fsp3) is 0.0667. The number of rotatable bonds is 5. The third-order valence-electron chi connectivity index (χ3n) is 7.74. The van der Waals surface area contributed by atoms with E-state index in [1.807, 2.05) is 0 Å². The lowest BCUT2D eigenvalue weighted by atomic mass is 10.1. The standard InChI is InChI=1S/C30H7F13N2O7/c1-3-8(31)15(38)24(16(39)9(3)32)52-26-19(42)13(36)21(14(37)20(26)43)45-29(49)5-7(30(45)50)23(6-4(22(5)46)27(47)44(2)28(6)48)51-25-17(40)11(34)10(33)12(35)18(25)41/h46H,1-2H3. The van der Waals surface area contributed by atoms with Crippen LogP contribution < -0.4 is 31.7 Å². The maximum Gasteiger partial charge on any atom is 0.270 e. The molecule has 0 saturated carbocycles. The van der Waals surface area contributed by atoms with Crippen molar-refractivity contribution < 1.29 is 71.7 Å².